The second kappa shape index (κ2) is 2.65. The van der Waals surface area contributed by atoms with Gasteiger partial charge in [-0.25, -0.2) is 9.97 Å². The molecule has 1 aliphatic heterocycles. The Labute approximate surface area is 63.9 Å². The van der Waals surface area contributed by atoms with E-state index in [1.165, 1.54) is 6.33 Å². The largest absolute Gasteiger partial charge is 0.395 e. The number of hydrogen-bond donors (Lipinski definition) is 0. The minimum atomic E-state index is 0.206. The van der Waals surface area contributed by atoms with Gasteiger partial charge >= 0.3 is 0 Å². The standard InChI is InChI=1S/C7H7N3O/c1-2-8-5-9-7(1)6-3-10-11-4-6/h1-3,5-6H,4H2. The van der Waals surface area contributed by atoms with Gasteiger partial charge in [-0.15, -0.1) is 0 Å². The summed E-state index contributed by atoms with van der Waals surface area (Å²) in [5, 5.41) is 3.66. The number of hydrogen-bond acceptors (Lipinski definition) is 4. The second-order valence-electron chi connectivity index (χ2n) is 2.29. The zero-order valence-corrected chi connectivity index (χ0v) is 5.84. The van der Waals surface area contributed by atoms with Crippen LogP contribution in [-0.4, -0.2) is 22.8 Å². The maximum absolute atomic E-state index is 4.82. The van der Waals surface area contributed by atoms with Crippen LogP contribution in [0.5, 0.6) is 0 Å². The fourth-order valence-electron chi connectivity index (χ4n) is 0.965. The normalized spacial score (nSPS) is 21.6. The Hall–Kier alpha value is -1.45. The van der Waals surface area contributed by atoms with E-state index in [0.717, 1.165) is 5.69 Å². The van der Waals surface area contributed by atoms with E-state index in [4.69, 9.17) is 4.84 Å². The molecule has 1 aromatic rings. The molecule has 0 N–H and O–H groups in total. The lowest BCUT2D eigenvalue weighted by Crippen LogP contribution is -2.03. The van der Waals surface area contributed by atoms with Crippen LogP contribution < -0.4 is 0 Å². The van der Waals surface area contributed by atoms with Gasteiger partial charge in [0.1, 0.15) is 12.9 Å². The van der Waals surface area contributed by atoms with E-state index in [9.17, 15) is 0 Å². The average Bonchev–Trinajstić information content (AvgIpc) is 2.58. The van der Waals surface area contributed by atoms with Gasteiger partial charge in [0, 0.05) is 6.20 Å². The van der Waals surface area contributed by atoms with Crippen molar-refractivity contribution in [2.75, 3.05) is 6.61 Å². The Morgan fingerprint density at radius 3 is 3.18 bits per heavy atom. The molecule has 0 spiro atoms. The zero-order valence-electron chi connectivity index (χ0n) is 5.84. The number of nitrogens with zero attached hydrogens (tertiary/aromatic N) is 3. The molecule has 11 heavy (non-hydrogen) atoms. The third-order valence-electron chi connectivity index (χ3n) is 1.55. The van der Waals surface area contributed by atoms with Crippen LogP contribution in [0.25, 0.3) is 0 Å². The molecule has 1 unspecified atom stereocenters. The number of oxime groups is 1. The monoisotopic (exact) mass is 149 g/mol. The van der Waals surface area contributed by atoms with Gasteiger partial charge in [-0.2, -0.15) is 0 Å². The molecule has 0 saturated carbocycles. The van der Waals surface area contributed by atoms with Crippen molar-refractivity contribution in [1.29, 1.82) is 0 Å². The molecule has 1 atom stereocenters. The molecule has 0 radical (unpaired) electrons. The molecule has 0 aliphatic carbocycles. The summed E-state index contributed by atoms with van der Waals surface area (Å²) >= 11 is 0. The fourth-order valence-corrected chi connectivity index (χ4v) is 0.965. The summed E-state index contributed by atoms with van der Waals surface area (Å²) in [6, 6.07) is 1.87. The molecule has 2 heterocycles. The molecular weight excluding hydrogens is 142 g/mol. The highest BCUT2D eigenvalue weighted by atomic mass is 16.6. The van der Waals surface area contributed by atoms with E-state index in [2.05, 4.69) is 15.1 Å². The van der Waals surface area contributed by atoms with Crippen LogP contribution in [0.2, 0.25) is 0 Å². The van der Waals surface area contributed by atoms with Gasteiger partial charge in [0.15, 0.2) is 0 Å². The lowest BCUT2D eigenvalue weighted by atomic mass is 10.1. The van der Waals surface area contributed by atoms with Gasteiger partial charge in [-0.1, -0.05) is 5.16 Å². The molecule has 1 aliphatic rings. The maximum atomic E-state index is 4.82. The highest BCUT2D eigenvalue weighted by Crippen LogP contribution is 2.14. The van der Waals surface area contributed by atoms with Crippen molar-refractivity contribution in [2.45, 2.75) is 5.92 Å². The van der Waals surface area contributed by atoms with E-state index in [-0.39, 0.29) is 5.92 Å². The van der Waals surface area contributed by atoms with Crippen molar-refractivity contribution in [2.24, 2.45) is 5.16 Å². The van der Waals surface area contributed by atoms with E-state index in [0.29, 0.717) is 6.61 Å². The van der Waals surface area contributed by atoms with Gasteiger partial charge in [0.05, 0.1) is 17.8 Å². The van der Waals surface area contributed by atoms with Crippen molar-refractivity contribution < 1.29 is 4.84 Å². The molecular formula is C7H7N3O. The van der Waals surface area contributed by atoms with Crippen LogP contribution in [0, 0.1) is 0 Å². The first-order valence-electron chi connectivity index (χ1n) is 3.38. The van der Waals surface area contributed by atoms with Crippen molar-refractivity contribution in [3.05, 3.63) is 24.3 Å². The van der Waals surface area contributed by atoms with Crippen LogP contribution >= 0.6 is 0 Å². The number of aromatic nitrogens is 2. The van der Waals surface area contributed by atoms with Gasteiger partial charge in [0.25, 0.3) is 0 Å². The third-order valence-corrected chi connectivity index (χ3v) is 1.55. The molecule has 0 aromatic carbocycles. The van der Waals surface area contributed by atoms with Gasteiger partial charge < -0.3 is 4.84 Å². The first-order valence-corrected chi connectivity index (χ1v) is 3.38. The summed E-state index contributed by atoms with van der Waals surface area (Å²) in [4.78, 5) is 12.7. The molecule has 56 valence electrons. The molecule has 2 rings (SSSR count). The summed E-state index contributed by atoms with van der Waals surface area (Å²) in [7, 11) is 0. The topological polar surface area (TPSA) is 47.4 Å². The first kappa shape index (κ1) is 6.27. The molecule has 0 fully saturated rings. The predicted octanol–water partition coefficient (Wildman–Crippen LogP) is 0.576. The van der Waals surface area contributed by atoms with E-state index < -0.39 is 0 Å². The second-order valence-corrected chi connectivity index (χ2v) is 2.29. The Morgan fingerprint density at radius 1 is 1.55 bits per heavy atom. The van der Waals surface area contributed by atoms with E-state index in [1.807, 2.05) is 6.07 Å². The summed E-state index contributed by atoms with van der Waals surface area (Å²) in [6.45, 7) is 0.594. The maximum Gasteiger partial charge on any atom is 0.130 e. The van der Waals surface area contributed by atoms with E-state index in [1.54, 1.807) is 12.4 Å². The summed E-state index contributed by atoms with van der Waals surface area (Å²) in [5.41, 5.74) is 0.959. The minimum Gasteiger partial charge on any atom is -0.395 e. The third kappa shape index (κ3) is 1.19. The summed E-state index contributed by atoms with van der Waals surface area (Å²) in [6.07, 6.45) is 5.00. The average molecular weight is 149 g/mol. The first-order chi connectivity index (χ1) is 5.47. The Bertz CT molecular complexity index is 260. The van der Waals surface area contributed by atoms with Crippen LogP contribution in [-0.2, 0) is 4.84 Å². The fraction of sp³-hybridized carbons (Fsp3) is 0.286. The molecule has 0 amide bonds. The lowest BCUT2D eigenvalue weighted by Gasteiger charge is -2.00. The van der Waals surface area contributed by atoms with Crippen LogP contribution in [0.3, 0.4) is 0 Å². The summed E-state index contributed by atoms with van der Waals surface area (Å²) in [5.74, 6) is 0.206. The minimum absolute atomic E-state index is 0.206. The van der Waals surface area contributed by atoms with Crippen molar-refractivity contribution in [1.82, 2.24) is 9.97 Å². The molecule has 4 nitrogen and oxygen atoms in total. The quantitative estimate of drug-likeness (QED) is 0.586. The lowest BCUT2D eigenvalue weighted by molar-refractivity contribution is 0.166. The van der Waals surface area contributed by atoms with Crippen molar-refractivity contribution >= 4 is 6.21 Å². The molecule has 4 heteroatoms. The van der Waals surface area contributed by atoms with Crippen molar-refractivity contribution in [3.8, 4) is 0 Å². The van der Waals surface area contributed by atoms with Crippen LogP contribution in [0.15, 0.2) is 23.7 Å². The van der Waals surface area contributed by atoms with E-state index >= 15 is 0 Å². The molecule has 0 saturated heterocycles. The smallest absolute Gasteiger partial charge is 0.130 e. The van der Waals surface area contributed by atoms with Crippen molar-refractivity contribution in [3.63, 3.8) is 0 Å². The van der Waals surface area contributed by atoms with Crippen LogP contribution in [0.4, 0.5) is 0 Å². The highest BCUT2D eigenvalue weighted by molar-refractivity contribution is 5.67. The van der Waals surface area contributed by atoms with Crippen LogP contribution in [0.1, 0.15) is 11.6 Å². The van der Waals surface area contributed by atoms with Gasteiger partial charge in [0.2, 0.25) is 0 Å². The van der Waals surface area contributed by atoms with Gasteiger partial charge in [-0.3, -0.25) is 0 Å². The molecule has 1 aromatic heterocycles. The highest BCUT2D eigenvalue weighted by Gasteiger charge is 2.15. The summed E-state index contributed by atoms with van der Waals surface area (Å²) < 4.78 is 0. The Balaban J connectivity index is 2.23. The Kier molecular flexibility index (Phi) is 1.51. The Morgan fingerprint density at radius 2 is 2.55 bits per heavy atom. The zero-order chi connectivity index (χ0) is 7.52. The number of rotatable bonds is 1. The molecule has 0 bridgehead atoms. The van der Waals surface area contributed by atoms with Gasteiger partial charge in [-0.05, 0) is 6.07 Å². The predicted molar refractivity (Wildman–Crippen MR) is 39.2 cm³/mol. The SMILES string of the molecule is C1=NOCC1c1ccncn1.